The predicted molar refractivity (Wildman–Crippen MR) is 86.2 cm³/mol. The van der Waals surface area contributed by atoms with Gasteiger partial charge in [0.25, 0.3) is 0 Å². The average Bonchev–Trinajstić information content (AvgIpc) is 2.66. The van der Waals surface area contributed by atoms with E-state index in [0.29, 0.717) is 18.8 Å². The number of carbonyl (C=O) groups excluding carboxylic acids is 1. The quantitative estimate of drug-likeness (QED) is 0.816. The molecule has 2 heterocycles. The SMILES string of the molecule is CN(C)CCN1CCCN(Cc2cc(C(=O)O)ccn2)CC1=O. The Balaban J connectivity index is 1.95. The zero-order valence-electron chi connectivity index (χ0n) is 13.7. The second-order valence-corrected chi connectivity index (χ2v) is 6.09. The van der Waals surface area contributed by atoms with Gasteiger partial charge in [0.2, 0.25) is 5.91 Å². The zero-order valence-corrected chi connectivity index (χ0v) is 13.7. The first-order valence-corrected chi connectivity index (χ1v) is 7.79. The lowest BCUT2D eigenvalue weighted by Crippen LogP contribution is -2.40. The van der Waals surface area contributed by atoms with E-state index < -0.39 is 5.97 Å². The number of rotatable bonds is 6. The van der Waals surface area contributed by atoms with E-state index in [1.54, 1.807) is 6.07 Å². The molecule has 2 rings (SSSR count). The first kappa shape index (κ1) is 17.4. The highest BCUT2D eigenvalue weighted by molar-refractivity contribution is 5.87. The Labute approximate surface area is 136 Å². The van der Waals surface area contributed by atoms with Crippen molar-refractivity contribution in [3.8, 4) is 0 Å². The zero-order chi connectivity index (χ0) is 16.8. The van der Waals surface area contributed by atoms with Gasteiger partial charge in [-0.15, -0.1) is 0 Å². The minimum atomic E-state index is -0.963. The predicted octanol–water partition coefficient (Wildman–Crippen LogP) is 0.376. The fraction of sp³-hybridized carbons (Fsp3) is 0.562. The second-order valence-electron chi connectivity index (χ2n) is 6.09. The molecule has 1 saturated heterocycles. The van der Waals surface area contributed by atoms with Crippen LogP contribution in [0.4, 0.5) is 0 Å². The smallest absolute Gasteiger partial charge is 0.335 e. The van der Waals surface area contributed by atoms with Crippen molar-refractivity contribution in [3.05, 3.63) is 29.6 Å². The fourth-order valence-corrected chi connectivity index (χ4v) is 2.60. The Morgan fingerprint density at radius 1 is 1.39 bits per heavy atom. The highest BCUT2D eigenvalue weighted by Crippen LogP contribution is 2.10. The third-order valence-corrected chi connectivity index (χ3v) is 3.88. The summed E-state index contributed by atoms with van der Waals surface area (Å²) in [6, 6.07) is 3.05. The number of amides is 1. The van der Waals surface area contributed by atoms with Gasteiger partial charge in [0, 0.05) is 38.9 Å². The van der Waals surface area contributed by atoms with Crippen molar-refractivity contribution in [2.45, 2.75) is 13.0 Å². The standard InChI is InChI=1S/C16H24N4O3/c1-18(2)8-9-20-7-3-6-19(12-15(20)21)11-14-10-13(16(22)23)4-5-17-14/h4-5,10H,3,6-9,11-12H2,1-2H3,(H,22,23). The topological polar surface area (TPSA) is 77.0 Å². The number of aromatic carboxylic acids is 1. The molecule has 0 saturated carbocycles. The van der Waals surface area contributed by atoms with E-state index in [9.17, 15) is 9.59 Å². The molecule has 0 aromatic carbocycles. The molecule has 1 N–H and O–H groups in total. The van der Waals surface area contributed by atoms with Crippen LogP contribution < -0.4 is 0 Å². The lowest BCUT2D eigenvalue weighted by atomic mass is 10.2. The maximum Gasteiger partial charge on any atom is 0.335 e. The highest BCUT2D eigenvalue weighted by Gasteiger charge is 2.22. The minimum Gasteiger partial charge on any atom is -0.478 e. The van der Waals surface area contributed by atoms with Gasteiger partial charge in [0.15, 0.2) is 0 Å². The van der Waals surface area contributed by atoms with Crippen LogP contribution in [0.5, 0.6) is 0 Å². The first-order valence-electron chi connectivity index (χ1n) is 7.79. The van der Waals surface area contributed by atoms with Gasteiger partial charge in [0.05, 0.1) is 17.8 Å². The van der Waals surface area contributed by atoms with Gasteiger partial charge in [-0.2, -0.15) is 0 Å². The van der Waals surface area contributed by atoms with Crippen molar-refractivity contribution < 1.29 is 14.7 Å². The molecule has 0 bridgehead atoms. The van der Waals surface area contributed by atoms with Crippen molar-refractivity contribution in [1.29, 1.82) is 0 Å². The third kappa shape index (κ3) is 5.30. The molecule has 1 fully saturated rings. The number of hydrogen-bond donors (Lipinski definition) is 1. The molecule has 0 unspecified atom stereocenters. The number of pyridine rings is 1. The number of aromatic nitrogens is 1. The van der Waals surface area contributed by atoms with Crippen LogP contribution in [0.1, 0.15) is 22.5 Å². The van der Waals surface area contributed by atoms with Crippen molar-refractivity contribution in [2.24, 2.45) is 0 Å². The minimum absolute atomic E-state index is 0.124. The molecular formula is C16H24N4O3. The number of nitrogens with zero attached hydrogens (tertiary/aromatic N) is 4. The molecule has 0 aliphatic carbocycles. The summed E-state index contributed by atoms with van der Waals surface area (Å²) in [4.78, 5) is 33.6. The third-order valence-electron chi connectivity index (χ3n) is 3.88. The Bertz CT molecular complexity index is 562. The summed E-state index contributed by atoms with van der Waals surface area (Å²) in [7, 11) is 3.99. The maximum atomic E-state index is 12.4. The number of carboxylic acids is 1. The Kier molecular flexibility index (Phi) is 6.06. The molecule has 7 nitrogen and oxygen atoms in total. The molecule has 1 aromatic heterocycles. The number of carbonyl (C=O) groups is 2. The van der Waals surface area contributed by atoms with Crippen LogP contribution in [-0.4, -0.2) is 83.5 Å². The summed E-state index contributed by atoms with van der Waals surface area (Å²) in [6.45, 7) is 4.02. The summed E-state index contributed by atoms with van der Waals surface area (Å²) in [6.07, 6.45) is 2.42. The van der Waals surface area contributed by atoms with Gasteiger partial charge in [-0.3, -0.25) is 14.7 Å². The number of hydrogen-bond acceptors (Lipinski definition) is 5. The summed E-state index contributed by atoms with van der Waals surface area (Å²) < 4.78 is 0. The van der Waals surface area contributed by atoms with E-state index in [1.807, 2.05) is 23.9 Å². The van der Waals surface area contributed by atoms with E-state index in [0.717, 1.165) is 32.6 Å². The fourth-order valence-electron chi connectivity index (χ4n) is 2.60. The van der Waals surface area contributed by atoms with Crippen LogP contribution in [0, 0.1) is 0 Å². The van der Waals surface area contributed by atoms with E-state index in [-0.39, 0.29) is 11.5 Å². The molecule has 1 aromatic rings. The van der Waals surface area contributed by atoms with E-state index in [1.165, 1.54) is 12.3 Å². The molecule has 0 spiro atoms. The molecule has 23 heavy (non-hydrogen) atoms. The Morgan fingerprint density at radius 3 is 2.87 bits per heavy atom. The van der Waals surface area contributed by atoms with Crippen molar-refractivity contribution in [1.82, 2.24) is 19.7 Å². The van der Waals surface area contributed by atoms with E-state index in [2.05, 4.69) is 9.88 Å². The van der Waals surface area contributed by atoms with Gasteiger partial charge < -0.3 is 14.9 Å². The van der Waals surface area contributed by atoms with Gasteiger partial charge in [-0.1, -0.05) is 0 Å². The summed E-state index contributed by atoms with van der Waals surface area (Å²) >= 11 is 0. The van der Waals surface area contributed by atoms with Gasteiger partial charge in [-0.25, -0.2) is 4.79 Å². The maximum absolute atomic E-state index is 12.4. The van der Waals surface area contributed by atoms with Crippen molar-refractivity contribution in [3.63, 3.8) is 0 Å². The Hall–Kier alpha value is -1.99. The molecule has 1 aliphatic heterocycles. The molecule has 0 atom stereocenters. The van der Waals surface area contributed by atoms with E-state index in [4.69, 9.17) is 5.11 Å². The van der Waals surface area contributed by atoms with Crippen LogP contribution in [0.2, 0.25) is 0 Å². The lowest BCUT2D eigenvalue weighted by molar-refractivity contribution is -0.131. The second kappa shape index (κ2) is 8.03. The molecule has 126 valence electrons. The largest absolute Gasteiger partial charge is 0.478 e. The van der Waals surface area contributed by atoms with Crippen molar-refractivity contribution >= 4 is 11.9 Å². The van der Waals surface area contributed by atoms with Crippen molar-refractivity contribution in [2.75, 3.05) is 46.8 Å². The molecular weight excluding hydrogens is 296 g/mol. The van der Waals surface area contributed by atoms with Crippen LogP contribution in [-0.2, 0) is 11.3 Å². The molecule has 0 radical (unpaired) electrons. The monoisotopic (exact) mass is 320 g/mol. The number of likely N-dealkylation sites (N-methyl/N-ethyl adjacent to an activating group) is 1. The first-order chi connectivity index (χ1) is 11.0. The molecule has 1 aliphatic rings. The lowest BCUT2D eigenvalue weighted by Gasteiger charge is -2.23. The Morgan fingerprint density at radius 2 is 2.17 bits per heavy atom. The summed E-state index contributed by atoms with van der Waals surface area (Å²) in [5.74, 6) is -0.839. The molecule has 1 amide bonds. The highest BCUT2D eigenvalue weighted by atomic mass is 16.4. The van der Waals surface area contributed by atoms with Crippen LogP contribution in [0.3, 0.4) is 0 Å². The average molecular weight is 320 g/mol. The van der Waals surface area contributed by atoms with Gasteiger partial charge >= 0.3 is 5.97 Å². The summed E-state index contributed by atoms with van der Waals surface area (Å²) in [5, 5.41) is 9.03. The van der Waals surface area contributed by atoms with E-state index >= 15 is 0 Å². The van der Waals surface area contributed by atoms with Crippen LogP contribution in [0.25, 0.3) is 0 Å². The van der Waals surface area contributed by atoms with Crippen LogP contribution in [0.15, 0.2) is 18.3 Å². The van der Waals surface area contributed by atoms with Gasteiger partial charge in [-0.05, 0) is 32.6 Å². The normalized spacial score (nSPS) is 16.7. The summed E-state index contributed by atoms with van der Waals surface area (Å²) in [5.41, 5.74) is 0.906. The van der Waals surface area contributed by atoms with Gasteiger partial charge in [0.1, 0.15) is 0 Å². The van der Waals surface area contributed by atoms with Crippen LogP contribution >= 0.6 is 0 Å². The number of carboxylic acid groups (broad SMARTS) is 1. The molecule has 7 heteroatoms.